The Morgan fingerprint density at radius 3 is 2.63 bits per heavy atom. The van der Waals surface area contributed by atoms with Crippen molar-refractivity contribution in [1.29, 1.82) is 0 Å². The highest BCUT2D eigenvalue weighted by Gasteiger charge is 2.25. The van der Waals surface area contributed by atoms with Gasteiger partial charge in [0.1, 0.15) is 0 Å². The molecule has 0 aromatic heterocycles. The third-order valence-corrected chi connectivity index (χ3v) is 3.46. The summed E-state index contributed by atoms with van der Waals surface area (Å²) in [4.78, 5) is 24.7. The standard InChI is InChI=1S/C13H25N3O3/c1-13(2,8-11(17)18)15-12(19)14-9-10-6-4-5-7-16(10)3/h10H,4-9H2,1-3H3,(H,17,18)(H2,14,15,19). The number of hydrogen-bond donors (Lipinski definition) is 3. The molecule has 1 unspecified atom stereocenters. The highest BCUT2D eigenvalue weighted by Crippen LogP contribution is 2.14. The van der Waals surface area contributed by atoms with Crippen LogP contribution in [0.1, 0.15) is 39.5 Å². The summed E-state index contributed by atoms with van der Waals surface area (Å²) >= 11 is 0. The molecule has 0 bridgehead atoms. The van der Waals surface area contributed by atoms with Gasteiger partial charge in [-0.3, -0.25) is 4.79 Å². The van der Waals surface area contributed by atoms with Crippen molar-refractivity contribution in [2.24, 2.45) is 0 Å². The van der Waals surface area contributed by atoms with Crippen LogP contribution in [0.25, 0.3) is 0 Å². The molecule has 1 rings (SSSR count). The first-order valence-electron chi connectivity index (χ1n) is 6.78. The highest BCUT2D eigenvalue weighted by molar-refractivity contribution is 5.76. The maximum absolute atomic E-state index is 11.8. The quantitative estimate of drug-likeness (QED) is 0.697. The second kappa shape index (κ2) is 6.75. The first kappa shape index (κ1) is 15.8. The third-order valence-electron chi connectivity index (χ3n) is 3.46. The van der Waals surface area contributed by atoms with Gasteiger partial charge in [-0.05, 0) is 40.3 Å². The fourth-order valence-corrected chi connectivity index (χ4v) is 2.39. The molecular formula is C13H25N3O3. The molecule has 1 fully saturated rings. The van der Waals surface area contributed by atoms with Gasteiger partial charge in [0.15, 0.2) is 0 Å². The van der Waals surface area contributed by atoms with Crippen molar-refractivity contribution >= 4 is 12.0 Å². The number of carbonyl (C=O) groups excluding carboxylic acids is 1. The average Bonchev–Trinajstić information content (AvgIpc) is 2.25. The molecule has 0 saturated carbocycles. The molecule has 1 heterocycles. The maximum atomic E-state index is 11.8. The topological polar surface area (TPSA) is 81.7 Å². The van der Waals surface area contributed by atoms with E-state index in [1.165, 1.54) is 12.8 Å². The van der Waals surface area contributed by atoms with Crippen LogP contribution < -0.4 is 10.6 Å². The van der Waals surface area contributed by atoms with Gasteiger partial charge in [0.05, 0.1) is 6.42 Å². The summed E-state index contributed by atoms with van der Waals surface area (Å²) < 4.78 is 0. The zero-order valence-electron chi connectivity index (χ0n) is 12.0. The van der Waals surface area contributed by atoms with Crippen LogP contribution in [-0.2, 0) is 4.79 Å². The van der Waals surface area contributed by atoms with Gasteiger partial charge in [-0.25, -0.2) is 4.79 Å². The second-order valence-electron chi connectivity index (χ2n) is 5.92. The molecule has 0 aromatic carbocycles. The van der Waals surface area contributed by atoms with Crippen molar-refractivity contribution in [2.45, 2.75) is 51.1 Å². The number of rotatable bonds is 5. The molecule has 19 heavy (non-hydrogen) atoms. The summed E-state index contributed by atoms with van der Waals surface area (Å²) in [5.41, 5.74) is -0.742. The number of carbonyl (C=O) groups is 2. The van der Waals surface area contributed by atoms with Gasteiger partial charge >= 0.3 is 12.0 Å². The van der Waals surface area contributed by atoms with Crippen molar-refractivity contribution in [1.82, 2.24) is 15.5 Å². The van der Waals surface area contributed by atoms with Gasteiger partial charge in [-0.2, -0.15) is 0 Å². The van der Waals surface area contributed by atoms with E-state index in [9.17, 15) is 9.59 Å². The van der Waals surface area contributed by atoms with Crippen LogP contribution in [0.15, 0.2) is 0 Å². The van der Waals surface area contributed by atoms with Crippen LogP contribution in [0.3, 0.4) is 0 Å². The van der Waals surface area contributed by atoms with Gasteiger partial charge in [0, 0.05) is 18.1 Å². The molecule has 1 saturated heterocycles. The Balaban J connectivity index is 2.32. The van der Waals surface area contributed by atoms with E-state index in [0.29, 0.717) is 12.6 Å². The molecule has 0 aliphatic carbocycles. The molecule has 1 atom stereocenters. The maximum Gasteiger partial charge on any atom is 0.315 e. The van der Waals surface area contributed by atoms with Gasteiger partial charge < -0.3 is 20.6 Å². The number of piperidine rings is 1. The van der Waals surface area contributed by atoms with E-state index in [0.717, 1.165) is 13.0 Å². The zero-order chi connectivity index (χ0) is 14.5. The summed E-state index contributed by atoms with van der Waals surface area (Å²) in [7, 11) is 2.07. The number of likely N-dealkylation sites (tertiary alicyclic amines) is 1. The predicted molar refractivity (Wildman–Crippen MR) is 73.1 cm³/mol. The molecule has 0 aromatic rings. The predicted octanol–water partition coefficient (Wildman–Crippen LogP) is 1.02. The number of carboxylic acid groups (broad SMARTS) is 1. The second-order valence-corrected chi connectivity index (χ2v) is 5.92. The minimum absolute atomic E-state index is 0.0935. The summed E-state index contributed by atoms with van der Waals surface area (Å²) in [5, 5.41) is 14.3. The van der Waals surface area contributed by atoms with Crippen LogP contribution >= 0.6 is 0 Å². The number of urea groups is 1. The van der Waals surface area contributed by atoms with E-state index in [4.69, 9.17) is 5.11 Å². The Bertz CT molecular complexity index is 331. The van der Waals surface area contributed by atoms with Crippen LogP contribution in [0, 0.1) is 0 Å². The van der Waals surface area contributed by atoms with Crippen molar-refractivity contribution in [3.63, 3.8) is 0 Å². The van der Waals surface area contributed by atoms with E-state index < -0.39 is 11.5 Å². The molecule has 1 aliphatic rings. The number of nitrogens with zero attached hydrogens (tertiary/aromatic N) is 1. The third kappa shape index (κ3) is 5.92. The number of likely N-dealkylation sites (N-methyl/N-ethyl adjacent to an activating group) is 1. The van der Waals surface area contributed by atoms with Crippen LogP contribution in [0.5, 0.6) is 0 Å². The van der Waals surface area contributed by atoms with Crippen LogP contribution in [0.4, 0.5) is 4.79 Å². The summed E-state index contributed by atoms with van der Waals surface area (Å²) in [6, 6.07) is 0.0762. The van der Waals surface area contributed by atoms with E-state index in [1.807, 2.05) is 0 Å². The van der Waals surface area contributed by atoms with E-state index >= 15 is 0 Å². The SMILES string of the molecule is CN1CCCCC1CNC(=O)NC(C)(C)CC(=O)O. The van der Waals surface area contributed by atoms with Crippen LogP contribution in [0.2, 0.25) is 0 Å². The zero-order valence-corrected chi connectivity index (χ0v) is 12.0. The Hall–Kier alpha value is -1.30. The minimum atomic E-state index is -0.919. The number of hydrogen-bond acceptors (Lipinski definition) is 3. The first-order valence-corrected chi connectivity index (χ1v) is 6.78. The monoisotopic (exact) mass is 271 g/mol. The first-order chi connectivity index (χ1) is 8.80. The van der Waals surface area contributed by atoms with Gasteiger partial charge in [-0.1, -0.05) is 6.42 Å². The highest BCUT2D eigenvalue weighted by atomic mass is 16.4. The minimum Gasteiger partial charge on any atom is -0.481 e. The molecular weight excluding hydrogens is 246 g/mol. The lowest BCUT2D eigenvalue weighted by Crippen LogP contribution is -2.52. The number of amides is 2. The molecule has 110 valence electrons. The molecule has 0 radical (unpaired) electrons. The summed E-state index contributed by atoms with van der Waals surface area (Å²) in [5.74, 6) is -0.919. The van der Waals surface area contributed by atoms with Gasteiger partial charge in [0.25, 0.3) is 0 Å². The Morgan fingerprint density at radius 2 is 2.05 bits per heavy atom. The fourth-order valence-electron chi connectivity index (χ4n) is 2.39. The molecule has 3 N–H and O–H groups in total. The van der Waals surface area contributed by atoms with Crippen molar-refractivity contribution < 1.29 is 14.7 Å². The van der Waals surface area contributed by atoms with E-state index in [-0.39, 0.29) is 12.5 Å². The normalized spacial score (nSPS) is 20.9. The number of carboxylic acids is 1. The fraction of sp³-hybridized carbons (Fsp3) is 0.846. The Morgan fingerprint density at radius 1 is 1.37 bits per heavy atom. The lowest BCUT2D eigenvalue weighted by Gasteiger charge is -2.33. The largest absolute Gasteiger partial charge is 0.481 e. The lowest BCUT2D eigenvalue weighted by atomic mass is 10.0. The van der Waals surface area contributed by atoms with Gasteiger partial charge in [-0.15, -0.1) is 0 Å². The molecule has 2 amide bonds. The van der Waals surface area contributed by atoms with Crippen molar-refractivity contribution in [3.8, 4) is 0 Å². The number of aliphatic carboxylic acids is 1. The summed E-state index contributed by atoms with van der Waals surface area (Å²) in [6.07, 6.45) is 3.41. The lowest BCUT2D eigenvalue weighted by molar-refractivity contribution is -0.138. The van der Waals surface area contributed by atoms with E-state index in [2.05, 4.69) is 22.6 Å². The molecule has 6 nitrogen and oxygen atoms in total. The smallest absolute Gasteiger partial charge is 0.315 e. The molecule has 6 heteroatoms. The Kier molecular flexibility index (Phi) is 5.60. The summed E-state index contributed by atoms with van der Waals surface area (Å²) in [6.45, 7) is 5.07. The van der Waals surface area contributed by atoms with Crippen molar-refractivity contribution in [2.75, 3.05) is 20.1 Å². The van der Waals surface area contributed by atoms with Crippen molar-refractivity contribution in [3.05, 3.63) is 0 Å². The van der Waals surface area contributed by atoms with Gasteiger partial charge in [0.2, 0.25) is 0 Å². The molecule has 0 spiro atoms. The average molecular weight is 271 g/mol. The Labute approximate surface area is 114 Å². The molecule has 1 aliphatic heterocycles. The van der Waals surface area contributed by atoms with E-state index in [1.54, 1.807) is 13.8 Å². The van der Waals surface area contributed by atoms with Crippen LogP contribution in [-0.4, -0.2) is 53.7 Å². The number of nitrogens with one attached hydrogen (secondary N) is 2.